The quantitative estimate of drug-likeness (QED) is 0.556. The van der Waals surface area contributed by atoms with Crippen LogP contribution < -0.4 is 5.32 Å². The minimum atomic E-state index is -0.360. The molecule has 0 saturated carbocycles. The van der Waals surface area contributed by atoms with Crippen molar-refractivity contribution in [1.82, 2.24) is 9.97 Å². The van der Waals surface area contributed by atoms with Gasteiger partial charge in [0.15, 0.2) is 11.0 Å². The molecule has 0 saturated heterocycles. The Kier molecular flexibility index (Phi) is 4.73. The summed E-state index contributed by atoms with van der Waals surface area (Å²) in [6.45, 7) is 0. The Morgan fingerprint density at radius 2 is 1.88 bits per heavy atom. The molecule has 118 valence electrons. The van der Waals surface area contributed by atoms with Crippen molar-refractivity contribution in [3.63, 3.8) is 0 Å². The molecule has 1 heterocycles. The fourth-order valence-electron chi connectivity index (χ4n) is 2.24. The molecule has 0 aliphatic rings. The van der Waals surface area contributed by atoms with Crippen LogP contribution in [0.3, 0.4) is 0 Å². The van der Waals surface area contributed by atoms with Gasteiger partial charge in [-0.15, -0.1) is 0 Å². The van der Waals surface area contributed by atoms with Crippen molar-refractivity contribution in [1.29, 1.82) is 5.26 Å². The summed E-state index contributed by atoms with van der Waals surface area (Å²) in [5.74, 6) is 0.00207. The first kappa shape index (κ1) is 16.0. The molecule has 4 nitrogen and oxygen atoms in total. The van der Waals surface area contributed by atoms with E-state index in [2.05, 4.69) is 21.4 Å². The van der Waals surface area contributed by atoms with Crippen LogP contribution in [-0.4, -0.2) is 16.2 Å². The van der Waals surface area contributed by atoms with Gasteiger partial charge in [-0.3, -0.25) is 0 Å². The molecule has 0 bridgehead atoms. The van der Waals surface area contributed by atoms with Gasteiger partial charge in [-0.1, -0.05) is 48.2 Å². The molecule has 0 amide bonds. The van der Waals surface area contributed by atoms with Gasteiger partial charge in [-0.05, 0) is 24.5 Å². The van der Waals surface area contributed by atoms with Gasteiger partial charge in [-0.25, -0.2) is 14.4 Å². The molecule has 24 heavy (non-hydrogen) atoms. The molecule has 0 atom stereocenters. The molecule has 0 aliphatic carbocycles. The van der Waals surface area contributed by atoms with Gasteiger partial charge in [0.05, 0.1) is 5.69 Å². The van der Waals surface area contributed by atoms with Crippen LogP contribution in [0.2, 0.25) is 0 Å². The zero-order chi connectivity index (χ0) is 16.9. The summed E-state index contributed by atoms with van der Waals surface area (Å²) in [4.78, 5) is 8.84. The summed E-state index contributed by atoms with van der Waals surface area (Å²) in [7, 11) is 0. The first-order chi connectivity index (χ1) is 11.7. The third kappa shape index (κ3) is 3.36. The lowest BCUT2D eigenvalue weighted by molar-refractivity contribution is 0.628. The van der Waals surface area contributed by atoms with E-state index in [-0.39, 0.29) is 5.82 Å². The molecule has 0 radical (unpaired) electrons. The first-order valence-electron chi connectivity index (χ1n) is 7.15. The molecule has 0 aliphatic heterocycles. The second-order valence-electron chi connectivity index (χ2n) is 4.90. The molecule has 1 N–H and O–H groups in total. The van der Waals surface area contributed by atoms with Crippen molar-refractivity contribution in [2.24, 2.45) is 0 Å². The van der Waals surface area contributed by atoms with Crippen molar-refractivity contribution in [2.45, 2.75) is 5.16 Å². The molecule has 2 aromatic carbocycles. The van der Waals surface area contributed by atoms with Crippen molar-refractivity contribution in [2.75, 3.05) is 11.6 Å². The van der Waals surface area contributed by atoms with Crippen molar-refractivity contribution in [3.8, 4) is 17.3 Å². The maximum atomic E-state index is 13.4. The second kappa shape index (κ2) is 7.11. The Bertz CT molecular complexity index is 907. The predicted octanol–water partition coefficient (Wildman–Crippen LogP) is 4.62. The standard InChI is InChI=1S/C18H13FN4S/c1-24-18-22-16(12-6-3-2-4-7-12)15(11-20)17(23-18)21-14-9-5-8-13(19)10-14/h2-10H,1H3,(H,21,22,23). The van der Waals surface area contributed by atoms with E-state index in [9.17, 15) is 9.65 Å². The van der Waals surface area contributed by atoms with E-state index < -0.39 is 0 Å². The summed E-state index contributed by atoms with van der Waals surface area (Å²) < 4.78 is 13.4. The topological polar surface area (TPSA) is 61.6 Å². The molecule has 6 heteroatoms. The number of anilines is 2. The highest BCUT2D eigenvalue weighted by atomic mass is 32.2. The normalized spacial score (nSPS) is 10.2. The number of nitrogens with zero attached hydrogens (tertiary/aromatic N) is 3. The lowest BCUT2D eigenvalue weighted by Crippen LogP contribution is -2.03. The summed E-state index contributed by atoms with van der Waals surface area (Å²) in [6.07, 6.45) is 1.86. The van der Waals surface area contributed by atoms with E-state index in [1.54, 1.807) is 12.1 Å². The number of aromatic nitrogens is 2. The fourth-order valence-corrected chi connectivity index (χ4v) is 2.60. The Morgan fingerprint density at radius 3 is 2.54 bits per heavy atom. The maximum Gasteiger partial charge on any atom is 0.189 e. The van der Waals surface area contributed by atoms with Crippen LogP contribution in [-0.2, 0) is 0 Å². The number of halogens is 1. The van der Waals surface area contributed by atoms with E-state index in [1.807, 2.05) is 36.6 Å². The Hall–Kier alpha value is -2.91. The van der Waals surface area contributed by atoms with Crippen molar-refractivity contribution < 1.29 is 4.39 Å². The minimum Gasteiger partial charge on any atom is -0.339 e. The van der Waals surface area contributed by atoms with E-state index in [1.165, 1.54) is 23.9 Å². The van der Waals surface area contributed by atoms with Crippen molar-refractivity contribution in [3.05, 3.63) is 66.0 Å². The van der Waals surface area contributed by atoms with E-state index >= 15 is 0 Å². The van der Waals surface area contributed by atoms with E-state index in [0.717, 1.165) is 5.56 Å². The third-order valence-electron chi connectivity index (χ3n) is 3.32. The van der Waals surface area contributed by atoms with E-state index in [0.29, 0.717) is 27.9 Å². The van der Waals surface area contributed by atoms with Gasteiger partial charge < -0.3 is 5.32 Å². The van der Waals surface area contributed by atoms with E-state index in [4.69, 9.17) is 0 Å². The summed E-state index contributed by atoms with van der Waals surface area (Å²) >= 11 is 1.38. The smallest absolute Gasteiger partial charge is 0.189 e. The molecule has 0 fully saturated rings. The van der Waals surface area contributed by atoms with Crippen LogP contribution in [0.4, 0.5) is 15.9 Å². The lowest BCUT2D eigenvalue weighted by Gasteiger charge is -2.12. The SMILES string of the molecule is CSc1nc(Nc2cccc(F)c2)c(C#N)c(-c2ccccc2)n1. The monoisotopic (exact) mass is 336 g/mol. The lowest BCUT2D eigenvalue weighted by atomic mass is 10.1. The number of nitrogens with one attached hydrogen (secondary N) is 1. The third-order valence-corrected chi connectivity index (χ3v) is 3.87. The first-order valence-corrected chi connectivity index (χ1v) is 8.38. The number of hydrogen-bond donors (Lipinski definition) is 1. The van der Waals surface area contributed by atoms with Crippen LogP contribution in [0.25, 0.3) is 11.3 Å². The highest BCUT2D eigenvalue weighted by Crippen LogP contribution is 2.30. The molecular formula is C18H13FN4S. The van der Waals surface area contributed by atoms with Crippen LogP contribution in [0.15, 0.2) is 59.8 Å². The highest BCUT2D eigenvalue weighted by molar-refractivity contribution is 7.98. The number of hydrogen-bond acceptors (Lipinski definition) is 5. The fraction of sp³-hybridized carbons (Fsp3) is 0.0556. The second-order valence-corrected chi connectivity index (χ2v) is 5.67. The Morgan fingerprint density at radius 1 is 1.08 bits per heavy atom. The van der Waals surface area contributed by atoms with Crippen LogP contribution in [0, 0.1) is 17.1 Å². The molecule has 1 aromatic heterocycles. The number of nitriles is 1. The number of benzene rings is 2. The molecule has 3 rings (SSSR count). The maximum absolute atomic E-state index is 13.4. The zero-order valence-electron chi connectivity index (χ0n) is 12.8. The van der Waals surface area contributed by atoms with Gasteiger partial charge >= 0.3 is 0 Å². The summed E-state index contributed by atoms with van der Waals surface area (Å²) in [6, 6.07) is 17.6. The minimum absolute atomic E-state index is 0.322. The molecule has 3 aromatic rings. The molecule has 0 spiro atoms. The van der Waals surface area contributed by atoms with Gasteiger partial charge in [0.1, 0.15) is 17.4 Å². The predicted molar refractivity (Wildman–Crippen MR) is 93.6 cm³/mol. The van der Waals surface area contributed by atoms with Gasteiger partial charge in [-0.2, -0.15) is 5.26 Å². The van der Waals surface area contributed by atoms with Gasteiger partial charge in [0.2, 0.25) is 0 Å². The Balaban J connectivity index is 2.13. The molecular weight excluding hydrogens is 323 g/mol. The van der Waals surface area contributed by atoms with Crippen LogP contribution in [0.1, 0.15) is 5.56 Å². The van der Waals surface area contributed by atoms with Crippen molar-refractivity contribution >= 4 is 23.3 Å². The average Bonchev–Trinajstić information content (AvgIpc) is 2.62. The zero-order valence-corrected chi connectivity index (χ0v) is 13.6. The number of rotatable bonds is 4. The summed E-state index contributed by atoms with van der Waals surface area (Å²) in [5, 5.41) is 13.2. The Labute approximate surface area is 143 Å². The summed E-state index contributed by atoms with van der Waals surface area (Å²) in [5.41, 5.74) is 2.23. The van der Waals surface area contributed by atoms with Crippen LogP contribution in [0.5, 0.6) is 0 Å². The van der Waals surface area contributed by atoms with Gasteiger partial charge in [0.25, 0.3) is 0 Å². The van der Waals surface area contributed by atoms with Gasteiger partial charge in [0, 0.05) is 11.3 Å². The average molecular weight is 336 g/mol. The molecule has 0 unspecified atom stereocenters. The largest absolute Gasteiger partial charge is 0.339 e. The highest BCUT2D eigenvalue weighted by Gasteiger charge is 2.16. The van der Waals surface area contributed by atoms with Crippen LogP contribution >= 0.6 is 11.8 Å². The number of thioether (sulfide) groups is 1.